The molecular formula is C49H96N2O6P+. The number of hydrogen-bond acceptors (Lipinski definition) is 5. The van der Waals surface area contributed by atoms with Gasteiger partial charge in [0.2, 0.25) is 5.91 Å². The first-order chi connectivity index (χ1) is 28.0. The van der Waals surface area contributed by atoms with Crippen LogP contribution in [-0.2, 0) is 18.4 Å². The summed E-state index contributed by atoms with van der Waals surface area (Å²) in [4.78, 5) is 23.1. The normalized spacial score (nSPS) is 14.5. The van der Waals surface area contributed by atoms with E-state index in [0.29, 0.717) is 17.4 Å². The molecule has 0 aliphatic carbocycles. The molecule has 0 aromatic rings. The maximum Gasteiger partial charge on any atom is 0.472 e. The number of phosphoric ester groups is 1. The van der Waals surface area contributed by atoms with E-state index in [9.17, 15) is 19.4 Å². The Balaban J connectivity index is 4.27. The Bertz CT molecular complexity index is 1040. The lowest BCUT2D eigenvalue weighted by Crippen LogP contribution is -2.45. The van der Waals surface area contributed by atoms with Gasteiger partial charge < -0.3 is 19.8 Å². The number of nitrogens with one attached hydrogen (secondary N) is 1. The lowest BCUT2D eigenvalue weighted by Gasteiger charge is -2.25. The highest BCUT2D eigenvalue weighted by Crippen LogP contribution is 2.43. The maximum atomic E-state index is 12.9. The Morgan fingerprint density at radius 2 is 0.948 bits per heavy atom. The zero-order chi connectivity index (χ0) is 42.8. The Hall–Kier alpha value is -1.28. The lowest BCUT2D eigenvalue weighted by atomic mass is 10.0. The summed E-state index contributed by atoms with van der Waals surface area (Å²) in [5.41, 5.74) is 0. The molecule has 0 heterocycles. The van der Waals surface area contributed by atoms with Gasteiger partial charge in [0.15, 0.2) is 0 Å². The maximum absolute atomic E-state index is 12.9. The van der Waals surface area contributed by atoms with Crippen molar-refractivity contribution in [3.63, 3.8) is 0 Å². The number of amides is 1. The van der Waals surface area contributed by atoms with Gasteiger partial charge in [-0.2, -0.15) is 0 Å². The second kappa shape index (κ2) is 41.1. The molecule has 0 saturated carbocycles. The Labute approximate surface area is 359 Å². The minimum absolute atomic E-state index is 0.0546. The highest BCUT2D eigenvalue weighted by molar-refractivity contribution is 7.47. The first-order valence-electron chi connectivity index (χ1n) is 24.4. The van der Waals surface area contributed by atoms with Crippen LogP contribution in [0.1, 0.15) is 219 Å². The molecule has 0 aliphatic heterocycles. The number of rotatable bonds is 44. The van der Waals surface area contributed by atoms with Crippen molar-refractivity contribution in [1.82, 2.24) is 5.32 Å². The molecule has 3 unspecified atom stereocenters. The van der Waals surface area contributed by atoms with Gasteiger partial charge in [-0.3, -0.25) is 13.8 Å². The fraction of sp³-hybridized carbons (Fsp3) is 0.857. The van der Waals surface area contributed by atoms with Crippen LogP contribution in [0.3, 0.4) is 0 Å². The predicted molar refractivity (Wildman–Crippen MR) is 249 cm³/mol. The summed E-state index contributed by atoms with van der Waals surface area (Å²) in [6.07, 6.45) is 50.9. The number of carbonyl (C=O) groups is 1. The van der Waals surface area contributed by atoms with Crippen LogP contribution in [-0.4, -0.2) is 73.4 Å². The summed E-state index contributed by atoms with van der Waals surface area (Å²) >= 11 is 0. The molecule has 0 aromatic carbocycles. The Kier molecular flexibility index (Phi) is 40.2. The number of phosphoric acid groups is 1. The average Bonchev–Trinajstić information content (AvgIpc) is 3.17. The minimum atomic E-state index is -4.35. The third-order valence-corrected chi connectivity index (χ3v) is 11.8. The van der Waals surface area contributed by atoms with Crippen LogP contribution in [0.25, 0.3) is 0 Å². The van der Waals surface area contributed by atoms with E-state index in [1.807, 2.05) is 27.2 Å². The molecular weight excluding hydrogens is 744 g/mol. The summed E-state index contributed by atoms with van der Waals surface area (Å²) in [6.45, 7) is 4.76. The van der Waals surface area contributed by atoms with Gasteiger partial charge in [0.1, 0.15) is 13.2 Å². The third kappa shape index (κ3) is 42.8. The predicted octanol–water partition coefficient (Wildman–Crippen LogP) is 13.9. The molecule has 0 saturated heterocycles. The molecule has 0 rings (SSSR count). The second-order valence-corrected chi connectivity index (χ2v) is 19.3. The standard InChI is InChI=1S/C49H95N2O6P/c1-6-8-10-12-14-16-18-20-21-22-23-24-25-26-27-28-29-31-33-35-37-39-41-43-49(53)50-47(46-57-58(54,55)56-45-44-51(3,4)5)48(52)42-40-38-36-34-32-30-19-17-15-13-11-9-7-2/h15,17,32,34,40,42,47-48,52H,6-14,16,18-31,33,35-39,41,43-46H2,1-5H3,(H-,50,53,54,55)/p+1/b17-15+,34-32+,42-40+. The van der Waals surface area contributed by atoms with Gasteiger partial charge >= 0.3 is 7.82 Å². The molecule has 3 N–H and O–H groups in total. The van der Waals surface area contributed by atoms with E-state index in [1.165, 1.54) is 148 Å². The van der Waals surface area contributed by atoms with E-state index in [1.54, 1.807) is 6.08 Å². The van der Waals surface area contributed by atoms with E-state index in [-0.39, 0.29) is 19.1 Å². The minimum Gasteiger partial charge on any atom is -0.387 e. The van der Waals surface area contributed by atoms with Crippen LogP contribution in [0.15, 0.2) is 36.5 Å². The van der Waals surface area contributed by atoms with Crippen molar-refractivity contribution in [2.24, 2.45) is 0 Å². The number of hydrogen-bond donors (Lipinski definition) is 3. The van der Waals surface area contributed by atoms with Crippen molar-refractivity contribution >= 4 is 13.7 Å². The van der Waals surface area contributed by atoms with Crippen molar-refractivity contribution in [3.8, 4) is 0 Å². The Morgan fingerprint density at radius 1 is 0.569 bits per heavy atom. The summed E-state index contributed by atoms with van der Waals surface area (Å²) in [6, 6.07) is -0.865. The topological polar surface area (TPSA) is 105 Å². The monoisotopic (exact) mass is 840 g/mol. The molecule has 0 bridgehead atoms. The molecule has 0 aliphatic rings. The van der Waals surface area contributed by atoms with Gasteiger partial charge in [-0.15, -0.1) is 0 Å². The molecule has 8 nitrogen and oxygen atoms in total. The number of carbonyl (C=O) groups excluding carboxylic acids is 1. The first-order valence-corrected chi connectivity index (χ1v) is 25.9. The smallest absolute Gasteiger partial charge is 0.387 e. The highest BCUT2D eigenvalue weighted by Gasteiger charge is 2.27. The van der Waals surface area contributed by atoms with Gasteiger partial charge in [0.05, 0.1) is 39.9 Å². The molecule has 1 amide bonds. The molecule has 3 atom stereocenters. The van der Waals surface area contributed by atoms with Gasteiger partial charge in [0.25, 0.3) is 0 Å². The molecule has 0 radical (unpaired) electrons. The van der Waals surface area contributed by atoms with Gasteiger partial charge in [-0.05, 0) is 44.9 Å². The van der Waals surface area contributed by atoms with Crippen molar-refractivity contribution in [1.29, 1.82) is 0 Å². The van der Waals surface area contributed by atoms with E-state index in [4.69, 9.17) is 9.05 Å². The first kappa shape index (κ1) is 56.7. The van der Waals surface area contributed by atoms with Crippen LogP contribution >= 0.6 is 7.82 Å². The number of nitrogens with zero attached hydrogens (tertiary/aromatic N) is 1. The highest BCUT2D eigenvalue weighted by atomic mass is 31.2. The quantitative estimate of drug-likeness (QED) is 0.0244. The average molecular weight is 840 g/mol. The zero-order valence-corrected chi connectivity index (χ0v) is 39.7. The number of likely N-dealkylation sites (N-methyl/N-ethyl adjacent to an activating group) is 1. The lowest BCUT2D eigenvalue weighted by molar-refractivity contribution is -0.870. The fourth-order valence-corrected chi connectivity index (χ4v) is 7.69. The largest absolute Gasteiger partial charge is 0.472 e. The third-order valence-electron chi connectivity index (χ3n) is 10.8. The molecule has 0 aromatic heterocycles. The number of quaternary nitrogens is 1. The van der Waals surface area contributed by atoms with Crippen molar-refractivity contribution in [2.45, 2.75) is 231 Å². The zero-order valence-electron chi connectivity index (χ0n) is 38.8. The van der Waals surface area contributed by atoms with Crippen LogP contribution < -0.4 is 5.32 Å². The summed E-state index contributed by atoms with van der Waals surface area (Å²) < 4.78 is 23.6. The number of aliphatic hydroxyl groups excluding tert-OH is 1. The molecule has 342 valence electrons. The van der Waals surface area contributed by atoms with Gasteiger partial charge in [-0.1, -0.05) is 204 Å². The molecule has 0 spiro atoms. The molecule has 58 heavy (non-hydrogen) atoms. The molecule has 0 fully saturated rings. The van der Waals surface area contributed by atoms with Crippen LogP contribution in [0.5, 0.6) is 0 Å². The summed E-state index contributed by atoms with van der Waals surface area (Å²) in [5.74, 6) is -0.189. The van der Waals surface area contributed by atoms with E-state index < -0.39 is 20.0 Å². The van der Waals surface area contributed by atoms with Crippen LogP contribution in [0, 0.1) is 0 Å². The van der Waals surface area contributed by atoms with Gasteiger partial charge in [0, 0.05) is 6.42 Å². The van der Waals surface area contributed by atoms with Crippen molar-refractivity contribution < 1.29 is 32.9 Å². The van der Waals surface area contributed by atoms with E-state index in [0.717, 1.165) is 51.4 Å². The summed E-state index contributed by atoms with van der Waals surface area (Å²) in [7, 11) is 1.55. The van der Waals surface area contributed by atoms with Crippen molar-refractivity contribution in [2.75, 3.05) is 40.9 Å². The van der Waals surface area contributed by atoms with E-state index in [2.05, 4.69) is 43.5 Å². The van der Waals surface area contributed by atoms with Crippen LogP contribution in [0.2, 0.25) is 0 Å². The molecule has 9 heteroatoms. The summed E-state index contributed by atoms with van der Waals surface area (Å²) in [5, 5.41) is 13.8. The Morgan fingerprint density at radius 3 is 1.38 bits per heavy atom. The fourth-order valence-electron chi connectivity index (χ4n) is 6.96. The van der Waals surface area contributed by atoms with Gasteiger partial charge in [-0.25, -0.2) is 4.57 Å². The second-order valence-electron chi connectivity index (χ2n) is 17.8. The number of allylic oxidation sites excluding steroid dienone is 5. The number of aliphatic hydroxyl groups is 1. The number of unbranched alkanes of at least 4 members (excludes halogenated alkanes) is 27. The SMILES string of the molecule is CCCCC/C=C/CC/C=C/CC/C=C/C(O)C(COP(=O)(O)OCC[N+](C)(C)C)NC(=O)CCCCCCCCCCCCCCCCCCCCCCCCC. The van der Waals surface area contributed by atoms with Crippen molar-refractivity contribution in [3.05, 3.63) is 36.5 Å². The van der Waals surface area contributed by atoms with E-state index >= 15 is 0 Å². The van der Waals surface area contributed by atoms with Crippen LogP contribution in [0.4, 0.5) is 0 Å².